The zero-order chi connectivity index (χ0) is 14.5. The number of rotatable bonds is 4. The van der Waals surface area contributed by atoms with Crippen LogP contribution in [0.25, 0.3) is 11.1 Å². The summed E-state index contributed by atoms with van der Waals surface area (Å²) in [6.45, 7) is 2.19. The highest BCUT2D eigenvalue weighted by atomic mass is 16.5. The highest BCUT2D eigenvalue weighted by Gasteiger charge is 2.10. The first kappa shape index (κ1) is 14.1. The van der Waals surface area contributed by atoms with Gasteiger partial charge in [0.05, 0.1) is 12.2 Å². The van der Waals surface area contributed by atoms with Gasteiger partial charge in [-0.3, -0.25) is 0 Å². The molecule has 2 aromatic rings. The first-order chi connectivity index (χ1) is 9.63. The third-order valence-corrected chi connectivity index (χ3v) is 3.07. The molecule has 0 atom stereocenters. The van der Waals surface area contributed by atoms with Crippen molar-refractivity contribution in [2.75, 3.05) is 25.6 Å². The third kappa shape index (κ3) is 2.99. The number of esters is 1. The van der Waals surface area contributed by atoms with Crippen LogP contribution in [0.1, 0.15) is 17.3 Å². The Morgan fingerprint density at radius 3 is 2.55 bits per heavy atom. The van der Waals surface area contributed by atoms with Crippen LogP contribution in [0, 0.1) is 0 Å². The third-order valence-electron chi connectivity index (χ3n) is 3.07. The molecule has 0 saturated heterocycles. The number of anilines is 1. The van der Waals surface area contributed by atoms with Crippen LogP contribution in [-0.4, -0.2) is 26.7 Å². The van der Waals surface area contributed by atoms with Crippen LogP contribution < -0.4 is 4.90 Å². The Bertz CT molecular complexity index is 605. The van der Waals surface area contributed by atoms with E-state index in [4.69, 9.17) is 4.74 Å². The Morgan fingerprint density at radius 1 is 1.10 bits per heavy atom. The molecule has 0 fully saturated rings. The molecule has 104 valence electrons. The van der Waals surface area contributed by atoms with E-state index in [1.807, 2.05) is 51.4 Å². The number of benzene rings is 2. The van der Waals surface area contributed by atoms with Gasteiger partial charge in [0.15, 0.2) is 0 Å². The molecule has 0 radical (unpaired) electrons. The Labute approximate surface area is 119 Å². The lowest BCUT2D eigenvalue weighted by Crippen LogP contribution is -2.10. The fourth-order valence-electron chi connectivity index (χ4n) is 2.14. The van der Waals surface area contributed by atoms with Gasteiger partial charge in [-0.1, -0.05) is 30.3 Å². The standard InChI is InChI=1S/C17H19NO2/c1-4-20-17(19)14-9-7-8-13(12-14)15-10-5-6-11-16(15)18(2)3/h5-12H,4H2,1-3H3. The Hall–Kier alpha value is -2.29. The maximum Gasteiger partial charge on any atom is 0.338 e. The van der Waals surface area contributed by atoms with Gasteiger partial charge in [-0.05, 0) is 30.7 Å². The molecule has 0 N–H and O–H groups in total. The molecular formula is C17H19NO2. The van der Waals surface area contributed by atoms with Crippen molar-refractivity contribution in [3.8, 4) is 11.1 Å². The molecule has 0 saturated carbocycles. The molecule has 2 rings (SSSR count). The van der Waals surface area contributed by atoms with E-state index in [-0.39, 0.29) is 5.97 Å². The maximum atomic E-state index is 11.8. The highest BCUT2D eigenvalue weighted by molar-refractivity contribution is 5.92. The minimum absolute atomic E-state index is 0.281. The quantitative estimate of drug-likeness (QED) is 0.794. The smallest absolute Gasteiger partial charge is 0.338 e. The van der Waals surface area contributed by atoms with Gasteiger partial charge in [-0.2, -0.15) is 0 Å². The van der Waals surface area contributed by atoms with E-state index >= 15 is 0 Å². The van der Waals surface area contributed by atoms with E-state index in [0.29, 0.717) is 12.2 Å². The van der Waals surface area contributed by atoms with Gasteiger partial charge in [0.25, 0.3) is 0 Å². The monoisotopic (exact) mass is 269 g/mol. The molecule has 0 aromatic heterocycles. The average Bonchev–Trinajstić information content (AvgIpc) is 2.47. The fourth-order valence-corrected chi connectivity index (χ4v) is 2.14. The lowest BCUT2D eigenvalue weighted by Gasteiger charge is -2.17. The van der Waals surface area contributed by atoms with Crippen molar-refractivity contribution >= 4 is 11.7 Å². The summed E-state index contributed by atoms with van der Waals surface area (Å²) < 4.78 is 5.05. The van der Waals surface area contributed by atoms with Gasteiger partial charge in [0.2, 0.25) is 0 Å². The van der Waals surface area contributed by atoms with Crippen molar-refractivity contribution in [3.63, 3.8) is 0 Å². The first-order valence-electron chi connectivity index (χ1n) is 6.67. The minimum atomic E-state index is -0.281. The van der Waals surface area contributed by atoms with Crippen molar-refractivity contribution in [1.82, 2.24) is 0 Å². The molecule has 0 amide bonds. The summed E-state index contributed by atoms with van der Waals surface area (Å²) in [5.74, 6) is -0.281. The average molecular weight is 269 g/mol. The predicted octanol–water partition coefficient (Wildman–Crippen LogP) is 3.60. The second kappa shape index (κ2) is 6.24. The van der Waals surface area contributed by atoms with Gasteiger partial charge < -0.3 is 9.64 Å². The molecule has 2 aromatic carbocycles. The maximum absolute atomic E-state index is 11.8. The van der Waals surface area contributed by atoms with E-state index in [9.17, 15) is 4.79 Å². The van der Waals surface area contributed by atoms with E-state index in [1.54, 1.807) is 6.07 Å². The van der Waals surface area contributed by atoms with Crippen LogP contribution in [0.2, 0.25) is 0 Å². The molecule has 20 heavy (non-hydrogen) atoms. The second-order valence-electron chi connectivity index (χ2n) is 4.71. The van der Waals surface area contributed by atoms with Gasteiger partial charge in [-0.25, -0.2) is 4.79 Å². The minimum Gasteiger partial charge on any atom is -0.462 e. The molecule has 0 heterocycles. The van der Waals surface area contributed by atoms with Gasteiger partial charge >= 0.3 is 5.97 Å². The van der Waals surface area contributed by atoms with Crippen molar-refractivity contribution < 1.29 is 9.53 Å². The van der Waals surface area contributed by atoms with Crippen molar-refractivity contribution in [3.05, 3.63) is 54.1 Å². The topological polar surface area (TPSA) is 29.5 Å². The Balaban J connectivity index is 2.44. The van der Waals surface area contributed by atoms with E-state index in [1.165, 1.54) is 0 Å². The Kier molecular flexibility index (Phi) is 4.41. The normalized spacial score (nSPS) is 10.2. The molecule has 0 aliphatic rings. The molecule has 3 heteroatoms. The van der Waals surface area contributed by atoms with Crippen molar-refractivity contribution in [2.24, 2.45) is 0 Å². The zero-order valence-corrected chi connectivity index (χ0v) is 12.1. The summed E-state index contributed by atoms with van der Waals surface area (Å²) in [7, 11) is 4.02. The number of nitrogens with zero attached hydrogens (tertiary/aromatic N) is 1. The molecule has 0 bridgehead atoms. The van der Waals surface area contributed by atoms with E-state index in [0.717, 1.165) is 16.8 Å². The summed E-state index contributed by atoms with van der Waals surface area (Å²) in [6.07, 6.45) is 0. The second-order valence-corrected chi connectivity index (χ2v) is 4.71. The fraction of sp³-hybridized carbons (Fsp3) is 0.235. The van der Waals surface area contributed by atoms with Gasteiger partial charge in [-0.15, -0.1) is 0 Å². The number of ether oxygens (including phenoxy) is 1. The summed E-state index contributed by atoms with van der Waals surface area (Å²) >= 11 is 0. The van der Waals surface area contributed by atoms with Crippen molar-refractivity contribution in [2.45, 2.75) is 6.92 Å². The van der Waals surface area contributed by atoms with Crippen LogP contribution in [0.5, 0.6) is 0 Å². The lowest BCUT2D eigenvalue weighted by atomic mass is 10.0. The van der Waals surface area contributed by atoms with Crippen LogP contribution in [0.3, 0.4) is 0 Å². The number of carbonyl (C=O) groups excluding carboxylic acids is 1. The molecule has 0 unspecified atom stereocenters. The molecular weight excluding hydrogens is 250 g/mol. The first-order valence-corrected chi connectivity index (χ1v) is 6.67. The van der Waals surface area contributed by atoms with Crippen molar-refractivity contribution in [1.29, 1.82) is 0 Å². The van der Waals surface area contributed by atoms with Crippen LogP contribution in [-0.2, 0) is 4.74 Å². The van der Waals surface area contributed by atoms with Crippen LogP contribution in [0.15, 0.2) is 48.5 Å². The SMILES string of the molecule is CCOC(=O)c1cccc(-c2ccccc2N(C)C)c1. The summed E-state index contributed by atoms with van der Waals surface area (Å²) in [4.78, 5) is 13.9. The molecule has 0 aliphatic heterocycles. The number of hydrogen-bond donors (Lipinski definition) is 0. The largest absolute Gasteiger partial charge is 0.462 e. The predicted molar refractivity (Wildman–Crippen MR) is 82.2 cm³/mol. The summed E-state index contributed by atoms with van der Waals surface area (Å²) in [6, 6.07) is 15.7. The summed E-state index contributed by atoms with van der Waals surface area (Å²) in [5, 5.41) is 0. The van der Waals surface area contributed by atoms with Crippen LogP contribution in [0.4, 0.5) is 5.69 Å². The highest BCUT2D eigenvalue weighted by Crippen LogP contribution is 2.30. The number of carbonyl (C=O) groups is 1. The van der Waals surface area contributed by atoms with E-state index < -0.39 is 0 Å². The number of para-hydroxylation sites is 1. The van der Waals surface area contributed by atoms with Gasteiger partial charge in [0.1, 0.15) is 0 Å². The van der Waals surface area contributed by atoms with E-state index in [2.05, 4.69) is 17.0 Å². The lowest BCUT2D eigenvalue weighted by molar-refractivity contribution is 0.0526. The number of hydrogen-bond acceptors (Lipinski definition) is 3. The summed E-state index contributed by atoms with van der Waals surface area (Å²) in [5.41, 5.74) is 3.81. The zero-order valence-electron chi connectivity index (χ0n) is 12.1. The van der Waals surface area contributed by atoms with Crippen LogP contribution >= 0.6 is 0 Å². The Morgan fingerprint density at radius 2 is 1.85 bits per heavy atom. The molecule has 3 nitrogen and oxygen atoms in total. The molecule has 0 spiro atoms. The molecule has 0 aliphatic carbocycles. The van der Waals surface area contributed by atoms with Gasteiger partial charge in [0, 0.05) is 25.3 Å².